The smallest absolute Gasteiger partial charge is 0.331 e. The minimum absolute atomic E-state index is 0.178. The second-order valence-corrected chi connectivity index (χ2v) is 5.15. The molecule has 0 spiro atoms. The van der Waals surface area contributed by atoms with Crippen LogP contribution in [0.15, 0.2) is 39.4 Å². The largest absolute Gasteiger partial charge is 0.478 e. The summed E-state index contributed by atoms with van der Waals surface area (Å²) in [5.41, 5.74) is -0.00846. The zero-order chi connectivity index (χ0) is 14.7. The van der Waals surface area contributed by atoms with Gasteiger partial charge in [0, 0.05) is 30.3 Å². The minimum Gasteiger partial charge on any atom is -0.478 e. The van der Waals surface area contributed by atoms with Gasteiger partial charge in [0.05, 0.1) is 6.54 Å². The molecule has 7 heteroatoms. The monoisotopic (exact) mass is 292 g/mol. The molecule has 0 saturated carbocycles. The summed E-state index contributed by atoms with van der Waals surface area (Å²) in [5.74, 6) is -1.02. The molecule has 2 heterocycles. The number of hydrogen-bond donors (Lipinski definition) is 1. The highest BCUT2D eigenvalue weighted by Crippen LogP contribution is 2.16. The molecule has 0 aliphatic heterocycles. The Bertz CT molecular complexity index is 782. The number of carbonyl (C=O) groups is 1. The number of thiophene rings is 1. The van der Waals surface area contributed by atoms with Gasteiger partial charge in [0.15, 0.2) is 0 Å². The molecule has 104 valence electrons. The fourth-order valence-corrected chi connectivity index (χ4v) is 2.49. The Hall–Kier alpha value is -2.41. The zero-order valence-corrected chi connectivity index (χ0v) is 11.5. The first-order chi connectivity index (χ1) is 9.47. The second-order valence-electron chi connectivity index (χ2n) is 4.15. The number of nitrogens with zero attached hydrogens (tertiary/aromatic N) is 2. The van der Waals surface area contributed by atoms with Crippen molar-refractivity contribution < 1.29 is 9.90 Å². The van der Waals surface area contributed by atoms with Crippen LogP contribution in [0.3, 0.4) is 0 Å². The van der Waals surface area contributed by atoms with Crippen molar-refractivity contribution in [1.29, 1.82) is 0 Å². The lowest BCUT2D eigenvalue weighted by atomic mass is 10.3. The van der Waals surface area contributed by atoms with Crippen LogP contribution in [0, 0.1) is 0 Å². The van der Waals surface area contributed by atoms with Crippen molar-refractivity contribution >= 4 is 23.4 Å². The van der Waals surface area contributed by atoms with Crippen LogP contribution >= 0.6 is 11.3 Å². The SMILES string of the molecule is Cn1ccc(=O)n(Cc2cc(C=CC(=O)O)cs2)c1=O. The molecule has 0 fully saturated rings. The molecule has 2 aromatic rings. The number of carboxylic acids is 1. The lowest BCUT2D eigenvalue weighted by Gasteiger charge is -2.04. The van der Waals surface area contributed by atoms with Crippen LogP contribution < -0.4 is 11.2 Å². The van der Waals surface area contributed by atoms with E-state index in [2.05, 4.69) is 0 Å². The third-order valence-corrected chi connectivity index (χ3v) is 3.59. The number of aromatic nitrogens is 2. The Balaban J connectivity index is 2.28. The number of rotatable bonds is 4. The van der Waals surface area contributed by atoms with Crippen LogP contribution in [0.2, 0.25) is 0 Å². The fraction of sp³-hybridized carbons (Fsp3) is 0.154. The Kier molecular flexibility index (Phi) is 3.99. The second kappa shape index (κ2) is 5.70. The van der Waals surface area contributed by atoms with Crippen molar-refractivity contribution in [3.8, 4) is 0 Å². The molecule has 2 rings (SSSR count). The lowest BCUT2D eigenvalue weighted by Crippen LogP contribution is -2.37. The summed E-state index contributed by atoms with van der Waals surface area (Å²) in [6.07, 6.45) is 3.93. The molecule has 0 aliphatic carbocycles. The van der Waals surface area contributed by atoms with E-state index in [1.807, 2.05) is 0 Å². The van der Waals surface area contributed by atoms with Gasteiger partial charge >= 0.3 is 11.7 Å². The van der Waals surface area contributed by atoms with Gasteiger partial charge in [-0.25, -0.2) is 9.59 Å². The molecule has 0 radical (unpaired) electrons. The van der Waals surface area contributed by atoms with Crippen molar-refractivity contribution in [1.82, 2.24) is 9.13 Å². The molecule has 1 N–H and O–H groups in total. The first-order valence-corrected chi connectivity index (χ1v) is 6.60. The van der Waals surface area contributed by atoms with E-state index < -0.39 is 5.97 Å². The third kappa shape index (κ3) is 3.12. The maximum atomic E-state index is 11.9. The maximum Gasteiger partial charge on any atom is 0.331 e. The molecule has 6 nitrogen and oxygen atoms in total. The van der Waals surface area contributed by atoms with Crippen LogP contribution in [0.1, 0.15) is 10.4 Å². The van der Waals surface area contributed by atoms with E-state index in [0.29, 0.717) is 0 Å². The van der Waals surface area contributed by atoms with E-state index >= 15 is 0 Å². The van der Waals surface area contributed by atoms with E-state index in [4.69, 9.17) is 5.11 Å². The van der Waals surface area contributed by atoms with Gasteiger partial charge in [0.1, 0.15) is 0 Å². The van der Waals surface area contributed by atoms with Crippen LogP contribution in [-0.4, -0.2) is 20.2 Å². The van der Waals surface area contributed by atoms with E-state index in [9.17, 15) is 14.4 Å². The molecule has 0 amide bonds. The first-order valence-electron chi connectivity index (χ1n) is 5.72. The van der Waals surface area contributed by atoms with Gasteiger partial charge in [0.2, 0.25) is 0 Å². The number of carboxylic acid groups (broad SMARTS) is 1. The predicted octanol–water partition coefficient (Wildman–Crippen LogP) is 0.755. The van der Waals surface area contributed by atoms with E-state index in [0.717, 1.165) is 21.1 Å². The summed E-state index contributed by atoms with van der Waals surface area (Å²) in [6, 6.07) is 3.09. The van der Waals surface area contributed by atoms with Gasteiger partial charge in [-0.3, -0.25) is 9.36 Å². The third-order valence-electron chi connectivity index (χ3n) is 2.65. The molecule has 0 unspecified atom stereocenters. The fourth-order valence-electron chi connectivity index (χ4n) is 1.65. The Morgan fingerprint density at radius 3 is 2.90 bits per heavy atom. The number of aryl methyl sites for hydroxylation is 1. The van der Waals surface area contributed by atoms with Crippen LogP contribution in [0.4, 0.5) is 0 Å². The van der Waals surface area contributed by atoms with Gasteiger partial charge in [-0.15, -0.1) is 11.3 Å². The summed E-state index contributed by atoms with van der Waals surface area (Å²) in [6.45, 7) is 0.178. The van der Waals surface area contributed by atoms with Crippen molar-refractivity contribution in [3.63, 3.8) is 0 Å². The van der Waals surface area contributed by atoms with Crippen molar-refractivity contribution in [2.24, 2.45) is 7.05 Å². The first kappa shape index (κ1) is 14.0. The van der Waals surface area contributed by atoms with Gasteiger partial charge < -0.3 is 9.67 Å². The summed E-state index contributed by atoms with van der Waals surface area (Å²) in [7, 11) is 1.58. The van der Waals surface area contributed by atoms with Crippen LogP contribution in [0.25, 0.3) is 6.08 Å². The molecule has 0 aromatic carbocycles. The molecule has 0 atom stereocenters. The van der Waals surface area contributed by atoms with Crippen molar-refractivity contribution in [2.45, 2.75) is 6.54 Å². The molecular formula is C13H12N2O4S. The maximum absolute atomic E-state index is 11.9. The quantitative estimate of drug-likeness (QED) is 0.843. The molecule has 0 aliphatic rings. The average molecular weight is 292 g/mol. The average Bonchev–Trinajstić information content (AvgIpc) is 2.85. The van der Waals surface area contributed by atoms with Crippen LogP contribution in [0.5, 0.6) is 0 Å². The Morgan fingerprint density at radius 2 is 2.20 bits per heavy atom. The van der Waals surface area contributed by atoms with Crippen LogP contribution in [-0.2, 0) is 18.4 Å². The Labute approximate surface area is 117 Å². The number of hydrogen-bond acceptors (Lipinski definition) is 4. The summed E-state index contributed by atoms with van der Waals surface area (Å²) in [5, 5.41) is 10.3. The predicted molar refractivity (Wildman–Crippen MR) is 76.0 cm³/mol. The van der Waals surface area contributed by atoms with Gasteiger partial charge in [-0.1, -0.05) is 0 Å². The van der Waals surface area contributed by atoms with Crippen molar-refractivity contribution in [2.75, 3.05) is 0 Å². The van der Waals surface area contributed by atoms with Crippen molar-refractivity contribution in [3.05, 3.63) is 61.1 Å². The molecule has 2 aromatic heterocycles. The molecule has 20 heavy (non-hydrogen) atoms. The number of aliphatic carboxylic acids is 1. The highest BCUT2D eigenvalue weighted by Gasteiger charge is 2.05. The highest BCUT2D eigenvalue weighted by molar-refractivity contribution is 7.10. The van der Waals surface area contributed by atoms with Gasteiger partial charge in [-0.2, -0.15) is 0 Å². The lowest BCUT2D eigenvalue weighted by molar-refractivity contribution is -0.131. The molecule has 0 bridgehead atoms. The van der Waals surface area contributed by atoms with E-state index in [1.165, 1.54) is 34.2 Å². The zero-order valence-electron chi connectivity index (χ0n) is 10.6. The standard InChI is InChI=1S/C13H12N2O4S/c1-14-5-4-11(16)15(13(14)19)7-10-6-9(8-20-10)2-3-12(17)18/h2-6,8H,7H2,1H3,(H,17,18). The molecular weight excluding hydrogens is 280 g/mol. The highest BCUT2D eigenvalue weighted by atomic mass is 32.1. The summed E-state index contributed by atoms with van der Waals surface area (Å²) < 4.78 is 2.47. The summed E-state index contributed by atoms with van der Waals surface area (Å²) >= 11 is 1.37. The molecule has 0 saturated heterocycles. The van der Waals surface area contributed by atoms with E-state index in [1.54, 1.807) is 18.5 Å². The van der Waals surface area contributed by atoms with E-state index in [-0.39, 0.29) is 17.8 Å². The normalized spacial score (nSPS) is 11.1. The van der Waals surface area contributed by atoms with Gasteiger partial charge in [0.25, 0.3) is 5.56 Å². The van der Waals surface area contributed by atoms with Gasteiger partial charge in [-0.05, 0) is 23.1 Å². The minimum atomic E-state index is -1.02. The topological polar surface area (TPSA) is 81.3 Å². The Morgan fingerprint density at radius 1 is 1.45 bits per heavy atom. The summed E-state index contributed by atoms with van der Waals surface area (Å²) in [4.78, 5) is 34.8.